The maximum Gasteiger partial charge on any atom is 0.326 e. The van der Waals surface area contributed by atoms with Crippen LogP contribution in [0, 0.1) is 0 Å². The minimum Gasteiger partial charge on any atom is -0.480 e. The van der Waals surface area contributed by atoms with Crippen molar-refractivity contribution in [1.29, 1.82) is 0 Å². The Morgan fingerprint density at radius 3 is 2.14 bits per heavy atom. The Balaban J connectivity index is 1.42. The van der Waals surface area contributed by atoms with Gasteiger partial charge in [-0.1, -0.05) is 48.5 Å². The summed E-state index contributed by atoms with van der Waals surface area (Å²) in [6.07, 6.45) is 0.599. The lowest BCUT2D eigenvalue weighted by atomic mass is 10.1. The molecule has 2 aromatic rings. The topological polar surface area (TPSA) is 72.9 Å². The van der Waals surface area contributed by atoms with Gasteiger partial charge in [-0.05, 0) is 17.7 Å². The molecule has 0 unspecified atom stereocenters. The van der Waals surface area contributed by atoms with Crippen LogP contribution in [0.5, 0.6) is 0 Å². The van der Waals surface area contributed by atoms with Gasteiger partial charge in [0, 0.05) is 51.3 Å². The van der Waals surface area contributed by atoms with Crippen molar-refractivity contribution >= 4 is 17.6 Å². The number of amides is 1. The van der Waals surface area contributed by atoms with Crippen molar-refractivity contribution in [3.8, 4) is 0 Å². The number of aliphatic carboxylic acids is 1. The molecular formula is C22H27N3O3. The number of nitrogens with one attached hydrogen (secondary N) is 1. The summed E-state index contributed by atoms with van der Waals surface area (Å²) in [5.41, 5.74) is 2.12. The van der Waals surface area contributed by atoms with E-state index >= 15 is 0 Å². The first-order valence-electron chi connectivity index (χ1n) is 9.70. The SMILES string of the molecule is O=C(CCN1CCN(c2ccccc2)CC1)N[C@H](Cc1ccccc1)C(=O)O. The van der Waals surface area contributed by atoms with E-state index in [0.29, 0.717) is 13.0 Å². The monoisotopic (exact) mass is 381 g/mol. The van der Waals surface area contributed by atoms with Gasteiger partial charge >= 0.3 is 5.97 Å². The number of carbonyl (C=O) groups excluding carboxylic acids is 1. The second-order valence-corrected chi connectivity index (χ2v) is 7.06. The highest BCUT2D eigenvalue weighted by Crippen LogP contribution is 2.15. The Morgan fingerprint density at radius 2 is 1.54 bits per heavy atom. The molecular weight excluding hydrogens is 354 g/mol. The summed E-state index contributed by atoms with van der Waals surface area (Å²) in [5, 5.41) is 12.1. The fourth-order valence-corrected chi connectivity index (χ4v) is 3.44. The number of rotatable bonds is 8. The van der Waals surface area contributed by atoms with Crippen LogP contribution in [0.1, 0.15) is 12.0 Å². The molecule has 1 saturated heterocycles. The molecule has 1 fully saturated rings. The number of nitrogens with zero attached hydrogens (tertiary/aromatic N) is 2. The zero-order chi connectivity index (χ0) is 19.8. The van der Waals surface area contributed by atoms with E-state index in [1.54, 1.807) is 0 Å². The summed E-state index contributed by atoms with van der Waals surface area (Å²) in [7, 11) is 0. The second kappa shape index (κ2) is 9.90. The molecule has 2 N–H and O–H groups in total. The second-order valence-electron chi connectivity index (χ2n) is 7.06. The Hall–Kier alpha value is -2.86. The lowest BCUT2D eigenvalue weighted by molar-refractivity contribution is -0.141. The van der Waals surface area contributed by atoms with Crippen molar-refractivity contribution in [2.24, 2.45) is 0 Å². The molecule has 1 aliphatic heterocycles. The van der Waals surface area contributed by atoms with Crippen molar-refractivity contribution in [1.82, 2.24) is 10.2 Å². The number of anilines is 1. The quantitative estimate of drug-likeness (QED) is 0.732. The first kappa shape index (κ1) is 19.9. The molecule has 1 atom stereocenters. The number of carbonyl (C=O) groups is 2. The van der Waals surface area contributed by atoms with E-state index in [1.807, 2.05) is 48.5 Å². The molecule has 6 heteroatoms. The maximum absolute atomic E-state index is 12.3. The van der Waals surface area contributed by atoms with Crippen molar-refractivity contribution in [3.63, 3.8) is 0 Å². The minimum absolute atomic E-state index is 0.214. The lowest BCUT2D eigenvalue weighted by Gasteiger charge is -2.36. The molecule has 0 spiro atoms. The Morgan fingerprint density at radius 1 is 0.929 bits per heavy atom. The van der Waals surface area contributed by atoms with Crippen molar-refractivity contribution in [2.45, 2.75) is 18.9 Å². The number of benzene rings is 2. The summed E-state index contributed by atoms with van der Waals surface area (Å²) >= 11 is 0. The van der Waals surface area contributed by atoms with Crippen LogP contribution in [0.4, 0.5) is 5.69 Å². The standard InChI is InChI=1S/C22H27N3O3/c26-21(23-20(22(27)28)17-18-7-3-1-4-8-18)11-12-24-13-15-25(16-14-24)19-9-5-2-6-10-19/h1-10,20H,11-17H2,(H,23,26)(H,27,28)/t20-/m1/s1. The van der Waals surface area contributed by atoms with Gasteiger partial charge in [0.15, 0.2) is 0 Å². The van der Waals surface area contributed by atoms with Crippen LogP contribution in [0.3, 0.4) is 0 Å². The predicted octanol–water partition coefficient (Wildman–Crippen LogP) is 2.01. The van der Waals surface area contributed by atoms with Gasteiger partial charge in [0.1, 0.15) is 6.04 Å². The fraction of sp³-hybridized carbons (Fsp3) is 0.364. The van der Waals surface area contributed by atoms with Crippen LogP contribution < -0.4 is 10.2 Å². The number of carboxylic acids is 1. The molecule has 1 heterocycles. The van der Waals surface area contributed by atoms with Crippen molar-refractivity contribution in [3.05, 3.63) is 66.2 Å². The summed E-state index contributed by atoms with van der Waals surface area (Å²) in [5.74, 6) is -1.22. The molecule has 1 amide bonds. The van der Waals surface area contributed by atoms with Crippen LogP contribution >= 0.6 is 0 Å². The normalized spacial score (nSPS) is 15.8. The summed E-state index contributed by atoms with van der Waals surface area (Å²) in [4.78, 5) is 28.4. The van der Waals surface area contributed by atoms with E-state index in [1.165, 1.54) is 5.69 Å². The zero-order valence-corrected chi connectivity index (χ0v) is 16.0. The van der Waals surface area contributed by atoms with Crippen LogP contribution in [-0.4, -0.2) is 60.6 Å². The molecule has 0 aromatic heterocycles. The van der Waals surface area contributed by atoms with Gasteiger partial charge in [-0.15, -0.1) is 0 Å². The van der Waals surface area contributed by atoms with Crippen molar-refractivity contribution in [2.75, 3.05) is 37.6 Å². The molecule has 0 saturated carbocycles. The van der Waals surface area contributed by atoms with Gasteiger partial charge in [-0.3, -0.25) is 9.69 Å². The third-order valence-corrected chi connectivity index (χ3v) is 5.06. The predicted molar refractivity (Wildman–Crippen MR) is 109 cm³/mol. The molecule has 0 aliphatic carbocycles. The van der Waals surface area contributed by atoms with Gasteiger partial charge < -0.3 is 15.3 Å². The van der Waals surface area contributed by atoms with Crippen LogP contribution in [-0.2, 0) is 16.0 Å². The van der Waals surface area contributed by atoms with Crippen LogP contribution in [0.25, 0.3) is 0 Å². The number of hydrogen-bond donors (Lipinski definition) is 2. The maximum atomic E-state index is 12.3. The average molecular weight is 381 g/mol. The summed E-state index contributed by atoms with van der Waals surface area (Å²) < 4.78 is 0. The molecule has 0 radical (unpaired) electrons. The largest absolute Gasteiger partial charge is 0.480 e. The summed E-state index contributed by atoms with van der Waals surface area (Å²) in [6, 6.07) is 18.8. The van der Waals surface area contributed by atoms with E-state index in [-0.39, 0.29) is 12.3 Å². The van der Waals surface area contributed by atoms with E-state index in [0.717, 1.165) is 31.7 Å². The zero-order valence-electron chi connectivity index (χ0n) is 16.0. The minimum atomic E-state index is -1.01. The first-order valence-corrected chi connectivity index (χ1v) is 9.70. The Kier molecular flexibility index (Phi) is 7.03. The Bertz CT molecular complexity index is 759. The highest BCUT2D eigenvalue weighted by molar-refractivity contribution is 5.83. The van der Waals surface area contributed by atoms with Crippen LogP contribution in [0.15, 0.2) is 60.7 Å². The Labute approximate surface area is 165 Å². The number of hydrogen-bond acceptors (Lipinski definition) is 4. The molecule has 148 valence electrons. The number of para-hydroxylation sites is 1. The van der Waals surface area contributed by atoms with Crippen molar-refractivity contribution < 1.29 is 14.7 Å². The smallest absolute Gasteiger partial charge is 0.326 e. The third-order valence-electron chi connectivity index (χ3n) is 5.06. The average Bonchev–Trinajstić information content (AvgIpc) is 2.73. The lowest BCUT2D eigenvalue weighted by Crippen LogP contribution is -2.48. The number of piperazine rings is 1. The molecule has 6 nitrogen and oxygen atoms in total. The highest BCUT2D eigenvalue weighted by atomic mass is 16.4. The highest BCUT2D eigenvalue weighted by Gasteiger charge is 2.22. The third kappa shape index (κ3) is 5.82. The fourth-order valence-electron chi connectivity index (χ4n) is 3.44. The van der Waals surface area contributed by atoms with Gasteiger partial charge in [0.2, 0.25) is 5.91 Å². The van der Waals surface area contributed by atoms with E-state index in [4.69, 9.17) is 0 Å². The van der Waals surface area contributed by atoms with Crippen LogP contribution in [0.2, 0.25) is 0 Å². The van der Waals surface area contributed by atoms with Gasteiger partial charge in [-0.25, -0.2) is 4.79 Å². The molecule has 2 aromatic carbocycles. The van der Waals surface area contributed by atoms with Gasteiger partial charge in [-0.2, -0.15) is 0 Å². The van der Waals surface area contributed by atoms with E-state index in [2.05, 4.69) is 27.2 Å². The number of carboxylic acid groups (broad SMARTS) is 1. The van der Waals surface area contributed by atoms with E-state index in [9.17, 15) is 14.7 Å². The first-order chi connectivity index (χ1) is 13.6. The molecule has 28 heavy (non-hydrogen) atoms. The van der Waals surface area contributed by atoms with E-state index < -0.39 is 12.0 Å². The summed E-state index contributed by atoms with van der Waals surface area (Å²) in [6.45, 7) is 4.30. The molecule has 3 rings (SSSR count). The van der Waals surface area contributed by atoms with Gasteiger partial charge in [0.25, 0.3) is 0 Å². The molecule has 0 bridgehead atoms. The molecule has 1 aliphatic rings. The van der Waals surface area contributed by atoms with Gasteiger partial charge in [0.05, 0.1) is 0 Å².